The summed E-state index contributed by atoms with van der Waals surface area (Å²) in [5.74, 6) is 1.45. The van der Waals surface area contributed by atoms with Gasteiger partial charge in [0.1, 0.15) is 12.4 Å². The number of ether oxygens (including phenoxy) is 1. The highest BCUT2D eigenvalue weighted by Gasteiger charge is 2.03. The topological polar surface area (TPSA) is 21.3 Å². The fourth-order valence-corrected chi connectivity index (χ4v) is 2.35. The van der Waals surface area contributed by atoms with Gasteiger partial charge in [0, 0.05) is 17.3 Å². The molecule has 112 valence electrons. The van der Waals surface area contributed by atoms with E-state index in [9.17, 15) is 0 Å². The van der Waals surface area contributed by atoms with Crippen LogP contribution < -0.4 is 10.1 Å². The molecule has 0 aliphatic heterocycles. The van der Waals surface area contributed by atoms with E-state index in [1.807, 2.05) is 24.3 Å². The molecule has 21 heavy (non-hydrogen) atoms. The second-order valence-electron chi connectivity index (χ2n) is 5.52. The van der Waals surface area contributed by atoms with Crippen molar-refractivity contribution in [1.29, 1.82) is 0 Å². The van der Waals surface area contributed by atoms with Crippen molar-refractivity contribution in [2.75, 3.05) is 18.5 Å². The van der Waals surface area contributed by atoms with E-state index in [-0.39, 0.29) is 0 Å². The Balaban J connectivity index is 1.86. The van der Waals surface area contributed by atoms with Crippen molar-refractivity contribution in [1.82, 2.24) is 0 Å². The molecule has 0 aromatic heterocycles. The summed E-state index contributed by atoms with van der Waals surface area (Å²) in [5.41, 5.74) is 3.56. The van der Waals surface area contributed by atoms with Crippen LogP contribution in [-0.2, 0) is 0 Å². The molecule has 0 heterocycles. The number of benzene rings is 2. The van der Waals surface area contributed by atoms with Crippen LogP contribution in [0.3, 0.4) is 0 Å². The Morgan fingerprint density at radius 2 is 1.95 bits per heavy atom. The molecule has 2 nitrogen and oxygen atoms in total. The molecule has 2 rings (SSSR count). The minimum absolute atomic E-state index is 0.511. The Morgan fingerprint density at radius 3 is 2.67 bits per heavy atom. The van der Waals surface area contributed by atoms with Crippen LogP contribution in [0.15, 0.2) is 42.5 Å². The molecule has 0 saturated heterocycles. The second-order valence-corrected chi connectivity index (χ2v) is 5.96. The summed E-state index contributed by atoms with van der Waals surface area (Å²) >= 11 is 5.95. The first-order valence-corrected chi connectivity index (χ1v) is 7.66. The molecule has 0 atom stereocenters. The van der Waals surface area contributed by atoms with Gasteiger partial charge in [-0.1, -0.05) is 37.6 Å². The fraction of sp³-hybridized carbons (Fsp3) is 0.333. The fourth-order valence-electron chi connectivity index (χ4n) is 2.16. The molecule has 0 bridgehead atoms. The van der Waals surface area contributed by atoms with Crippen molar-refractivity contribution >= 4 is 17.3 Å². The molecule has 0 aliphatic carbocycles. The van der Waals surface area contributed by atoms with E-state index in [1.54, 1.807) is 0 Å². The molecular formula is C18H22ClNO. The lowest BCUT2D eigenvalue weighted by Crippen LogP contribution is -2.11. The first kappa shape index (κ1) is 15.7. The maximum absolute atomic E-state index is 5.95. The van der Waals surface area contributed by atoms with Crippen LogP contribution in [0.1, 0.15) is 30.9 Å². The van der Waals surface area contributed by atoms with Gasteiger partial charge in [-0.3, -0.25) is 0 Å². The molecular weight excluding hydrogens is 282 g/mol. The molecule has 0 radical (unpaired) electrons. The number of halogens is 1. The summed E-state index contributed by atoms with van der Waals surface area (Å²) in [6, 6.07) is 14.1. The highest BCUT2D eigenvalue weighted by atomic mass is 35.5. The standard InChI is InChI=1S/C18H22ClNO/c1-13(2)15-9-14(3)10-18(11-15)21-8-7-20-17-6-4-5-16(19)12-17/h4-6,9-13,20H,7-8H2,1-3H3. The summed E-state index contributed by atoms with van der Waals surface area (Å²) in [6.07, 6.45) is 0. The zero-order valence-electron chi connectivity index (χ0n) is 12.8. The van der Waals surface area contributed by atoms with Crippen molar-refractivity contribution in [3.63, 3.8) is 0 Å². The van der Waals surface area contributed by atoms with Crippen molar-refractivity contribution in [2.24, 2.45) is 0 Å². The Labute approximate surface area is 132 Å². The van der Waals surface area contributed by atoms with E-state index < -0.39 is 0 Å². The van der Waals surface area contributed by atoms with Gasteiger partial charge in [-0.05, 0) is 54.3 Å². The molecule has 0 amide bonds. The molecule has 3 heteroatoms. The van der Waals surface area contributed by atoms with Crippen molar-refractivity contribution in [3.05, 3.63) is 58.6 Å². The summed E-state index contributed by atoms with van der Waals surface area (Å²) in [6.45, 7) is 7.85. The minimum Gasteiger partial charge on any atom is -0.492 e. The predicted molar refractivity (Wildman–Crippen MR) is 90.7 cm³/mol. The van der Waals surface area contributed by atoms with E-state index in [1.165, 1.54) is 11.1 Å². The second kappa shape index (κ2) is 7.37. The number of hydrogen-bond acceptors (Lipinski definition) is 2. The quantitative estimate of drug-likeness (QED) is 0.735. The van der Waals surface area contributed by atoms with Crippen molar-refractivity contribution < 1.29 is 4.74 Å². The van der Waals surface area contributed by atoms with Gasteiger partial charge in [-0.15, -0.1) is 0 Å². The highest BCUT2D eigenvalue weighted by molar-refractivity contribution is 6.30. The third kappa shape index (κ3) is 4.98. The average molecular weight is 304 g/mol. The van der Waals surface area contributed by atoms with Crippen LogP contribution in [0, 0.1) is 6.92 Å². The van der Waals surface area contributed by atoms with Crippen molar-refractivity contribution in [2.45, 2.75) is 26.7 Å². The van der Waals surface area contributed by atoms with E-state index in [4.69, 9.17) is 16.3 Å². The van der Waals surface area contributed by atoms with Gasteiger partial charge in [0.2, 0.25) is 0 Å². The Morgan fingerprint density at radius 1 is 1.14 bits per heavy atom. The van der Waals surface area contributed by atoms with Crippen LogP contribution in [0.4, 0.5) is 5.69 Å². The van der Waals surface area contributed by atoms with Crippen LogP contribution in [0.25, 0.3) is 0 Å². The van der Waals surface area contributed by atoms with Gasteiger partial charge < -0.3 is 10.1 Å². The Kier molecular flexibility index (Phi) is 5.51. The van der Waals surface area contributed by atoms with E-state index in [0.29, 0.717) is 12.5 Å². The van der Waals surface area contributed by atoms with E-state index >= 15 is 0 Å². The zero-order valence-corrected chi connectivity index (χ0v) is 13.6. The Hall–Kier alpha value is -1.67. The minimum atomic E-state index is 0.511. The van der Waals surface area contributed by atoms with Crippen LogP contribution in [0.2, 0.25) is 5.02 Å². The molecule has 2 aromatic carbocycles. The molecule has 0 aliphatic rings. The molecule has 0 spiro atoms. The number of hydrogen-bond donors (Lipinski definition) is 1. The molecule has 0 unspecified atom stereocenters. The average Bonchev–Trinajstić information content (AvgIpc) is 2.43. The predicted octanol–water partition coefficient (Wildman–Crippen LogP) is 5.26. The number of aryl methyl sites for hydroxylation is 1. The third-order valence-corrected chi connectivity index (χ3v) is 3.50. The van der Waals surface area contributed by atoms with E-state index in [2.05, 4.69) is 44.3 Å². The maximum atomic E-state index is 5.95. The van der Waals surface area contributed by atoms with Gasteiger partial charge in [0.15, 0.2) is 0 Å². The monoisotopic (exact) mass is 303 g/mol. The highest BCUT2D eigenvalue weighted by Crippen LogP contribution is 2.22. The van der Waals surface area contributed by atoms with Gasteiger partial charge in [-0.2, -0.15) is 0 Å². The lowest BCUT2D eigenvalue weighted by atomic mass is 10.0. The zero-order chi connectivity index (χ0) is 15.2. The summed E-state index contributed by atoms with van der Waals surface area (Å²) in [7, 11) is 0. The SMILES string of the molecule is Cc1cc(OCCNc2cccc(Cl)c2)cc(C(C)C)c1. The van der Waals surface area contributed by atoms with Crippen LogP contribution >= 0.6 is 11.6 Å². The third-order valence-electron chi connectivity index (χ3n) is 3.26. The smallest absolute Gasteiger partial charge is 0.119 e. The first-order chi connectivity index (χ1) is 10.0. The number of nitrogens with one attached hydrogen (secondary N) is 1. The van der Waals surface area contributed by atoms with Crippen LogP contribution in [-0.4, -0.2) is 13.2 Å². The first-order valence-electron chi connectivity index (χ1n) is 7.28. The lowest BCUT2D eigenvalue weighted by Gasteiger charge is -2.12. The maximum Gasteiger partial charge on any atom is 0.119 e. The van der Waals surface area contributed by atoms with Gasteiger partial charge >= 0.3 is 0 Å². The van der Waals surface area contributed by atoms with Gasteiger partial charge in [-0.25, -0.2) is 0 Å². The van der Waals surface area contributed by atoms with Crippen molar-refractivity contribution in [3.8, 4) is 5.75 Å². The van der Waals surface area contributed by atoms with E-state index in [0.717, 1.165) is 23.0 Å². The number of anilines is 1. The normalized spacial score (nSPS) is 10.7. The molecule has 1 N–H and O–H groups in total. The van der Waals surface area contributed by atoms with Gasteiger partial charge in [0.05, 0.1) is 0 Å². The summed E-state index contributed by atoms with van der Waals surface area (Å²) in [4.78, 5) is 0. The molecule has 0 fully saturated rings. The largest absolute Gasteiger partial charge is 0.492 e. The summed E-state index contributed by atoms with van der Waals surface area (Å²) < 4.78 is 5.83. The van der Waals surface area contributed by atoms with Crippen LogP contribution in [0.5, 0.6) is 5.75 Å². The lowest BCUT2D eigenvalue weighted by molar-refractivity contribution is 0.332. The van der Waals surface area contributed by atoms with Gasteiger partial charge in [0.25, 0.3) is 0 Å². The summed E-state index contributed by atoms with van der Waals surface area (Å²) in [5, 5.41) is 4.04. The molecule has 0 saturated carbocycles. The number of rotatable bonds is 6. The Bertz CT molecular complexity index is 596. The molecule has 2 aromatic rings.